The Bertz CT molecular complexity index is 245. The van der Waals surface area contributed by atoms with E-state index in [9.17, 15) is 14.4 Å². The van der Waals surface area contributed by atoms with Crippen LogP contribution in [0.25, 0.3) is 0 Å². The first-order valence-corrected chi connectivity index (χ1v) is 7.36. The average Bonchev–Trinajstić information content (AvgIpc) is 2.18. The number of rotatable bonds is 4. The van der Waals surface area contributed by atoms with Crippen LogP contribution in [0, 0.1) is 0 Å². The van der Waals surface area contributed by atoms with Gasteiger partial charge in [0.15, 0.2) is 0 Å². The van der Waals surface area contributed by atoms with Crippen LogP contribution in [0.15, 0.2) is 0 Å². The molecular weight excluding hydrogens is 213 g/mol. The van der Waals surface area contributed by atoms with Crippen LogP contribution in [0.3, 0.4) is 0 Å². The zero-order valence-corrected chi connectivity index (χ0v) is 10.5. The molecule has 1 rings (SSSR count). The molecule has 4 nitrogen and oxygen atoms in total. The largest absolute Gasteiger partial charge is 0.403 e. The molecule has 0 heterocycles. The number of hydrogen-bond donors (Lipinski definition) is 2. The summed E-state index contributed by atoms with van der Waals surface area (Å²) in [6.45, 7) is 4.28. The summed E-state index contributed by atoms with van der Waals surface area (Å²) < 4.78 is 12.9. The van der Waals surface area contributed by atoms with Gasteiger partial charge >= 0.3 is 7.75 Å². The maximum absolute atomic E-state index is 11.4. The Balaban J connectivity index is 2.91. The lowest BCUT2D eigenvalue weighted by molar-refractivity contribution is 0.0959. The molecule has 0 aromatic heterocycles. The van der Waals surface area contributed by atoms with Gasteiger partial charge in [0.05, 0.1) is 0 Å². The lowest BCUT2D eigenvalue weighted by atomic mass is 9.80. The Morgan fingerprint density at radius 2 is 1.73 bits per heavy atom. The Morgan fingerprint density at radius 3 is 2.07 bits per heavy atom. The van der Waals surface area contributed by atoms with Gasteiger partial charge in [-0.25, -0.2) is 9.24 Å². The van der Waals surface area contributed by atoms with Crippen molar-refractivity contribution in [3.05, 3.63) is 0 Å². The van der Waals surface area contributed by atoms with E-state index < -0.39 is 7.75 Å². The summed E-state index contributed by atoms with van der Waals surface area (Å²) >= 11 is 0. The van der Waals surface area contributed by atoms with E-state index in [1.165, 1.54) is 11.1 Å². The first-order chi connectivity index (χ1) is 6.96. The molecular formula is C10H22NO3P. The minimum atomic E-state index is -4.09. The van der Waals surface area contributed by atoms with Crippen LogP contribution in [-0.4, -0.2) is 26.5 Å². The SMILES string of the molecule is CCN(C1(CC)CCCCC1)P(=O)(O)O. The average molecular weight is 235 g/mol. The first kappa shape index (κ1) is 13.2. The van der Waals surface area contributed by atoms with Crippen LogP contribution in [-0.2, 0) is 4.57 Å². The molecule has 1 fully saturated rings. The van der Waals surface area contributed by atoms with E-state index in [-0.39, 0.29) is 5.54 Å². The van der Waals surface area contributed by atoms with Crippen LogP contribution < -0.4 is 0 Å². The van der Waals surface area contributed by atoms with E-state index in [4.69, 9.17) is 0 Å². The molecule has 0 aromatic rings. The second kappa shape index (κ2) is 4.96. The lowest BCUT2D eigenvalue weighted by Gasteiger charge is -2.45. The highest BCUT2D eigenvalue weighted by atomic mass is 31.2. The molecule has 0 spiro atoms. The second-order valence-corrected chi connectivity index (χ2v) is 5.88. The van der Waals surface area contributed by atoms with Crippen molar-refractivity contribution in [3.63, 3.8) is 0 Å². The standard InChI is InChI=1S/C10H22NO3P/c1-3-10(8-6-5-7-9-10)11(4-2)15(12,13)14/h3-9H2,1-2H3,(H2,12,13,14). The highest BCUT2D eigenvalue weighted by Gasteiger charge is 2.43. The number of hydrogen-bond acceptors (Lipinski definition) is 1. The highest BCUT2D eigenvalue weighted by Crippen LogP contribution is 2.51. The van der Waals surface area contributed by atoms with Gasteiger partial charge in [0.25, 0.3) is 0 Å². The molecule has 1 aliphatic rings. The molecule has 90 valence electrons. The Labute approximate surface area is 91.9 Å². The van der Waals surface area contributed by atoms with Crippen molar-refractivity contribution in [2.45, 2.75) is 57.9 Å². The smallest absolute Gasteiger partial charge is 0.312 e. The van der Waals surface area contributed by atoms with E-state index in [1.807, 2.05) is 13.8 Å². The van der Waals surface area contributed by atoms with Gasteiger partial charge in [-0.1, -0.05) is 33.1 Å². The van der Waals surface area contributed by atoms with Crippen LogP contribution in [0.2, 0.25) is 0 Å². The van der Waals surface area contributed by atoms with Crippen molar-refractivity contribution in [1.82, 2.24) is 4.67 Å². The molecule has 1 saturated carbocycles. The fraction of sp³-hybridized carbons (Fsp3) is 1.00. The minimum Gasteiger partial charge on any atom is -0.312 e. The summed E-state index contributed by atoms with van der Waals surface area (Å²) in [4.78, 5) is 18.7. The van der Waals surface area contributed by atoms with Crippen molar-refractivity contribution in [2.75, 3.05) is 6.54 Å². The van der Waals surface area contributed by atoms with Crippen LogP contribution in [0.4, 0.5) is 0 Å². The van der Waals surface area contributed by atoms with E-state index in [0.29, 0.717) is 6.54 Å². The normalized spacial score (nSPS) is 21.9. The highest BCUT2D eigenvalue weighted by molar-refractivity contribution is 7.49. The minimum absolute atomic E-state index is 0.258. The molecule has 0 saturated heterocycles. The van der Waals surface area contributed by atoms with Crippen LogP contribution in [0.1, 0.15) is 52.4 Å². The van der Waals surface area contributed by atoms with Crippen molar-refractivity contribution < 1.29 is 14.4 Å². The van der Waals surface area contributed by atoms with Gasteiger partial charge in [-0.2, -0.15) is 0 Å². The van der Waals surface area contributed by atoms with Crippen LogP contribution in [0.5, 0.6) is 0 Å². The van der Waals surface area contributed by atoms with Gasteiger partial charge < -0.3 is 9.79 Å². The molecule has 0 aromatic carbocycles. The summed E-state index contributed by atoms with van der Waals surface area (Å²) in [5.41, 5.74) is -0.258. The molecule has 5 heteroatoms. The molecule has 0 bridgehead atoms. The third kappa shape index (κ3) is 2.82. The quantitative estimate of drug-likeness (QED) is 0.735. The Hall–Kier alpha value is 0.110. The third-order valence-corrected chi connectivity index (χ3v) is 4.94. The van der Waals surface area contributed by atoms with E-state index in [2.05, 4.69) is 0 Å². The van der Waals surface area contributed by atoms with E-state index >= 15 is 0 Å². The zero-order chi connectivity index (χ0) is 11.5. The third-order valence-electron chi connectivity index (χ3n) is 3.60. The Morgan fingerprint density at radius 1 is 1.20 bits per heavy atom. The lowest BCUT2D eigenvalue weighted by Crippen LogP contribution is -2.47. The fourth-order valence-electron chi connectivity index (χ4n) is 2.80. The summed E-state index contributed by atoms with van der Waals surface area (Å²) in [6.07, 6.45) is 6.03. The molecule has 0 amide bonds. The van der Waals surface area contributed by atoms with Gasteiger partial charge in [-0.15, -0.1) is 0 Å². The maximum Gasteiger partial charge on any atom is 0.403 e. The zero-order valence-electron chi connectivity index (χ0n) is 9.65. The van der Waals surface area contributed by atoms with Crippen molar-refractivity contribution in [3.8, 4) is 0 Å². The molecule has 1 aliphatic carbocycles. The van der Waals surface area contributed by atoms with Crippen molar-refractivity contribution in [1.29, 1.82) is 0 Å². The maximum atomic E-state index is 11.4. The Kier molecular flexibility index (Phi) is 4.36. The predicted molar refractivity (Wildman–Crippen MR) is 60.5 cm³/mol. The summed E-state index contributed by atoms with van der Waals surface area (Å²) in [5.74, 6) is 0. The predicted octanol–water partition coefficient (Wildman–Crippen LogP) is 2.51. The molecule has 0 unspecified atom stereocenters. The first-order valence-electron chi connectivity index (χ1n) is 5.80. The van der Waals surface area contributed by atoms with Gasteiger partial charge in [-0.05, 0) is 19.3 Å². The van der Waals surface area contributed by atoms with Gasteiger partial charge in [-0.3, -0.25) is 0 Å². The second-order valence-electron chi connectivity index (χ2n) is 4.37. The van der Waals surface area contributed by atoms with E-state index in [1.54, 1.807) is 0 Å². The molecule has 15 heavy (non-hydrogen) atoms. The van der Waals surface area contributed by atoms with Crippen LogP contribution >= 0.6 is 7.75 Å². The summed E-state index contributed by atoms with van der Waals surface area (Å²) in [6, 6.07) is 0. The van der Waals surface area contributed by atoms with Crippen molar-refractivity contribution >= 4 is 7.75 Å². The fourth-order valence-corrected chi connectivity index (χ4v) is 4.06. The van der Waals surface area contributed by atoms with Gasteiger partial charge in [0.2, 0.25) is 0 Å². The molecule has 0 aliphatic heterocycles. The molecule has 0 radical (unpaired) electrons. The van der Waals surface area contributed by atoms with E-state index in [0.717, 1.165) is 32.1 Å². The van der Waals surface area contributed by atoms with Crippen molar-refractivity contribution in [2.24, 2.45) is 0 Å². The monoisotopic (exact) mass is 235 g/mol. The van der Waals surface area contributed by atoms with Gasteiger partial charge in [0.1, 0.15) is 0 Å². The number of nitrogens with zero attached hydrogens (tertiary/aromatic N) is 1. The summed E-state index contributed by atoms with van der Waals surface area (Å²) in [5, 5.41) is 0. The summed E-state index contributed by atoms with van der Waals surface area (Å²) in [7, 11) is -4.09. The molecule has 2 N–H and O–H groups in total. The molecule has 0 atom stereocenters. The topological polar surface area (TPSA) is 60.8 Å². The van der Waals surface area contributed by atoms with Gasteiger partial charge in [0, 0.05) is 12.1 Å².